The molecule has 2 aliphatic rings. The Kier molecular flexibility index (Phi) is 3.91. The Hall–Kier alpha value is -0.0800. The maximum atomic E-state index is 5.98. The number of nitrogens with two attached hydrogens (primary N) is 1. The number of hydrogen-bond donors (Lipinski definition) is 1. The van der Waals surface area contributed by atoms with Crippen molar-refractivity contribution >= 4 is 0 Å². The summed E-state index contributed by atoms with van der Waals surface area (Å²) in [6, 6.07) is 1.30. The summed E-state index contributed by atoms with van der Waals surface area (Å²) >= 11 is 0. The van der Waals surface area contributed by atoms with Gasteiger partial charge in [-0.1, -0.05) is 13.8 Å². The first-order valence-corrected chi connectivity index (χ1v) is 7.07. The number of rotatable bonds is 3. The summed E-state index contributed by atoms with van der Waals surface area (Å²) in [4.78, 5) is 2.72. The van der Waals surface area contributed by atoms with Crippen LogP contribution in [0, 0.1) is 17.8 Å². The summed E-state index contributed by atoms with van der Waals surface area (Å²) in [6.07, 6.45) is 5.53. The molecule has 0 bridgehead atoms. The maximum absolute atomic E-state index is 5.98. The third-order valence-corrected chi connectivity index (χ3v) is 4.93. The Morgan fingerprint density at radius 3 is 2.00 bits per heavy atom. The average Bonchev–Trinajstić information content (AvgIpc) is 2.15. The van der Waals surface area contributed by atoms with Gasteiger partial charge in [0.05, 0.1) is 0 Å². The molecule has 2 fully saturated rings. The smallest absolute Gasteiger partial charge is 0.0101 e. The standard InChI is InChI=1S/C14H28N2/c1-10(2)13-8-14(9-13)16-6-4-12(5-7-16)11(3)15/h10-14H,4-9,15H2,1-3H3. The highest BCUT2D eigenvalue weighted by molar-refractivity contribution is 4.91. The van der Waals surface area contributed by atoms with E-state index in [0.29, 0.717) is 6.04 Å². The Labute approximate surface area is 101 Å². The van der Waals surface area contributed by atoms with Gasteiger partial charge in [0.25, 0.3) is 0 Å². The van der Waals surface area contributed by atoms with E-state index in [2.05, 4.69) is 25.7 Å². The van der Waals surface area contributed by atoms with Gasteiger partial charge in [-0.2, -0.15) is 0 Å². The molecule has 1 heterocycles. The molecule has 2 rings (SSSR count). The van der Waals surface area contributed by atoms with Crippen molar-refractivity contribution in [1.82, 2.24) is 4.90 Å². The minimum absolute atomic E-state index is 0.395. The molecule has 1 unspecified atom stereocenters. The third-order valence-electron chi connectivity index (χ3n) is 4.93. The van der Waals surface area contributed by atoms with E-state index < -0.39 is 0 Å². The molecular weight excluding hydrogens is 196 g/mol. The Morgan fingerprint density at radius 1 is 1.00 bits per heavy atom. The van der Waals surface area contributed by atoms with E-state index >= 15 is 0 Å². The monoisotopic (exact) mass is 224 g/mol. The molecule has 2 heteroatoms. The van der Waals surface area contributed by atoms with Crippen molar-refractivity contribution in [3.05, 3.63) is 0 Å². The fourth-order valence-corrected chi connectivity index (χ4v) is 3.28. The zero-order valence-corrected chi connectivity index (χ0v) is 11.2. The van der Waals surface area contributed by atoms with E-state index in [-0.39, 0.29) is 0 Å². The van der Waals surface area contributed by atoms with Crippen LogP contribution in [0.2, 0.25) is 0 Å². The first-order valence-electron chi connectivity index (χ1n) is 7.07. The van der Waals surface area contributed by atoms with Gasteiger partial charge in [0, 0.05) is 12.1 Å². The van der Waals surface area contributed by atoms with Gasteiger partial charge >= 0.3 is 0 Å². The molecule has 16 heavy (non-hydrogen) atoms. The molecule has 0 aromatic rings. The van der Waals surface area contributed by atoms with E-state index in [1.807, 2.05) is 0 Å². The van der Waals surface area contributed by atoms with Gasteiger partial charge in [-0.25, -0.2) is 0 Å². The minimum Gasteiger partial charge on any atom is -0.328 e. The summed E-state index contributed by atoms with van der Waals surface area (Å²) < 4.78 is 0. The topological polar surface area (TPSA) is 29.3 Å². The molecular formula is C14H28N2. The van der Waals surface area contributed by atoms with Gasteiger partial charge in [0.1, 0.15) is 0 Å². The molecule has 2 nitrogen and oxygen atoms in total. The van der Waals surface area contributed by atoms with Gasteiger partial charge < -0.3 is 10.6 Å². The van der Waals surface area contributed by atoms with E-state index in [0.717, 1.165) is 23.8 Å². The van der Waals surface area contributed by atoms with Crippen LogP contribution in [0.5, 0.6) is 0 Å². The first kappa shape index (κ1) is 12.4. The second-order valence-corrected chi connectivity index (χ2v) is 6.36. The van der Waals surface area contributed by atoms with Gasteiger partial charge in [-0.3, -0.25) is 0 Å². The van der Waals surface area contributed by atoms with Crippen LogP contribution in [0.15, 0.2) is 0 Å². The van der Waals surface area contributed by atoms with Crippen LogP contribution in [0.4, 0.5) is 0 Å². The quantitative estimate of drug-likeness (QED) is 0.798. The van der Waals surface area contributed by atoms with Crippen LogP contribution in [0.3, 0.4) is 0 Å². The highest BCUT2D eigenvalue weighted by atomic mass is 15.2. The summed E-state index contributed by atoms with van der Waals surface area (Å²) in [5.74, 6) is 2.66. The van der Waals surface area contributed by atoms with Gasteiger partial charge in [-0.05, 0) is 63.5 Å². The number of piperidine rings is 1. The summed E-state index contributed by atoms with van der Waals surface area (Å²) in [5.41, 5.74) is 5.98. The molecule has 1 aliphatic carbocycles. The van der Waals surface area contributed by atoms with Crippen LogP contribution in [0.25, 0.3) is 0 Å². The van der Waals surface area contributed by atoms with Crippen molar-refractivity contribution in [3.63, 3.8) is 0 Å². The number of hydrogen-bond acceptors (Lipinski definition) is 2. The van der Waals surface area contributed by atoms with Crippen LogP contribution >= 0.6 is 0 Å². The van der Waals surface area contributed by atoms with Crippen molar-refractivity contribution in [1.29, 1.82) is 0 Å². The van der Waals surface area contributed by atoms with Crippen LogP contribution in [-0.2, 0) is 0 Å². The first-order chi connectivity index (χ1) is 7.58. The van der Waals surface area contributed by atoms with Gasteiger partial charge in [0.15, 0.2) is 0 Å². The zero-order chi connectivity index (χ0) is 11.7. The zero-order valence-electron chi connectivity index (χ0n) is 11.2. The highest BCUT2D eigenvalue weighted by Gasteiger charge is 2.36. The highest BCUT2D eigenvalue weighted by Crippen LogP contribution is 2.38. The minimum atomic E-state index is 0.395. The van der Waals surface area contributed by atoms with Gasteiger partial charge in [-0.15, -0.1) is 0 Å². The van der Waals surface area contributed by atoms with Crippen LogP contribution < -0.4 is 5.73 Å². The SMILES string of the molecule is CC(C)C1CC(N2CCC(C(C)N)CC2)C1. The molecule has 1 saturated carbocycles. The van der Waals surface area contributed by atoms with Crippen LogP contribution in [0.1, 0.15) is 46.5 Å². The van der Waals surface area contributed by atoms with E-state index in [1.165, 1.54) is 38.8 Å². The molecule has 0 aromatic heterocycles. The Morgan fingerprint density at radius 2 is 1.56 bits per heavy atom. The molecule has 1 saturated heterocycles. The lowest BCUT2D eigenvalue weighted by molar-refractivity contribution is 0.0291. The summed E-state index contributed by atoms with van der Waals surface area (Å²) in [7, 11) is 0. The number of likely N-dealkylation sites (tertiary alicyclic amines) is 1. The van der Waals surface area contributed by atoms with Crippen molar-refractivity contribution in [2.24, 2.45) is 23.5 Å². The average molecular weight is 224 g/mol. The van der Waals surface area contributed by atoms with E-state index in [4.69, 9.17) is 5.73 Å². The predicted molar refractivity (Wildman–Crippen MR) is 69.3 cm³/mol. The largest absolute Gasteiger partial charge is 0.328 e. The molecule has 0 spiro atoms. The molecule has 1 aliphatic heterocycles. The second kappa shape index (κ2) is 5.05. The normalized spacial score (nSPS) is 35.1. The fraction of sp³-hybridized carbons (Fsp3) is 1.00. The van der Waals surface area contributed by atoms with Crippen molar-refractivity contribution in [2.75, 3.05) is 13.1 Å². The lowest BCUT2D eigenvalue weighted by atomic mass is 9.72. The van der Waals surface area contributed by atoms with Crippen LogP contribution in [-0.4, -0.2) is 30.1 Å². The van der Waals surface area contributed by atoms with Crippen molar-refractivity contribution < 1.29 is 0 Å². The third kappa shape index (κ3) is 2.60. The molecule has 0 radical (unpaired) electrons. The molecule has 0 aromatic carbocycles. The second-order valence-electron chi connectivity index (χ2n) is 6.36. The molecule has 0 amide bonds. The predicted octanol–water partition coefficient (Wildman–Crippen LogP) is 2.48. The summed E-state index contributed by atoms with van der Waals surface area (Å²) in [5, 5.41) is 0. The van der Waals surface area contributed by atoms with Crippen molar-refractivity contribution in [2.45, 2.75) is 58.5 Å². The fourth-order valence-electron chi connectivity index (χ4n) is 3.28. The van der Waals surface area contributed by atoms with E-state index in [1.54, 1.807) is 0 Å². The summed E-state index contributed by atoms with van der Waals surface area (Å²) in [6.45, 7) is 9.48. The molecule has 2 N–H and O–H groups in total. The van der Waals surface area contributed by atoms with E-state index in [9.17, 15) is 0 Å². The maximum Gasteiger partial charge on any atom is 0.0101 e. The van der Waals surface area contributed by atoms with Gasteiger partial charge in [0.2, 0.25) is 0 Å². The Balaban J connectivity index is 1.71. The molecule has 94 valence electrons. The van der Waals surface area contributed by atoms with Crippen molar-refractivity contribution in [3.8, 4) is 0 Å². The lowest BCUT2D eigenvalue weighted by Crippen LogP contribution is -2.50. The number of nitrogens with zero attached hydrogens (tertiary/aromatic N) is 1. The molecule has 1 atom stereocenters. The Bertz CT molecular complexity index is 211. The lowest BCUT2D eigenvalue weighted by Gasteiger charge is -2.47.